The number of fused-ring (bicyclic) bond motifs is 9. The molecule has 0 spiro atoms. The number of aromatic nitrogens is 3. The highest BCUT2D eigenvalue weighted by Crippen LogP contribution is 2.42. The normalized spacial score (nSPS) is 11.9. The van der Waals surface area contributed by atoms with E-state index >= 15 is 0 Å². The molecule has 0 bridgehead atoms. The van der Waals surface area contributed by atoms with Gasteiger partial charge in [-0.25, -0.2) is 0 Å². The standard InChI is InChI=1S/C48H31N3/c1-3-12-34(13-4-1)50-45-21-10-8-17-38(45)41-30-33(24-27-46(41)50)36-18-11-19-39-42-29-32(23-26-47(42)51(48(36)39)35-14-5-2-6-15-35)31-22-25-44-40(28-31)37-16-7-9-20-43(37)49-44/h1-30,49H. The van der Waals surface area contributed by atoms with E-state index in [4.69, 9.17) is 0 Å². The fourth-order valence-electron chi connectivity index (χ4n) is 8.35. The Morgan fingerprint density at radius 2 is 0.843 bits per heavy atom. The molecule has 51 heavy (non-hydrogen) atoms. The Morgan fingerprint density at radius 1 is 0.314 bits per heavy atom. The zero-order valence-electron chi connectivity index (χ0n) is 27.7. The second-order valence-electron chi connectivity index (χ2n) is 13.5. The number of hydrogen-bond donors (Lipinski definition) is 1. The van der Waals surface area contributed by atoms with E-state index in [1.54, 1.807) is 0 Å². The van der Waals surface area contributed by atoms with Crippen LogP contribution in [0, 0.1) is 0 Å². The summed E-state index contributed by atoms with van der Waals surface area (Å²) in [6.45, 7) is 0. The number of aromatic amines is 1. The minimum absolute atomic E-state index is 1.15. The molecule has 0 unspecified atom stereocenters. The zero-order valence-corrected chi connectivity index (χ0v) is 27.7. The highest BCUT2D eigenvalue weighted by Gasteiger charge is 2.19. The van der Waals surface area contributed by atoms with Crippen molar-refractivity contribution in [2.24, 2.45) is 0 Å². The van der Waals surface area contributed by atoms with Gasteiger partial charge in [0.05, 0.1) is 22.1 Å². The number of benzene rings is 8. The van der Waals surface area contributed by atoms with Crippen LogP contribution in [-0.4, -0.2) is 14.1 Å². The summed E-state index contributed by atoms with van der Waals surface area (Å²) in [6.07, 6.45) is 0. The van der Waals surface area contributed by atoms with Crippen LogP contribution in [-0.2, 0) is 0 Å². The van der Waals surface area contributed by atoms with Crippen LogP contribution in [0.15, 0.2) is 182 Å². The summed E-state index contributed by atoms with van der Waals surface area (Å²) in [7, 11) is 0. The van der Waals surface area contributed by atoms with Gasteiger partial charge in [0.15, 0.2) is 0 Å². The lowest BCUT2D eigenvalue weighted by Gasteiger charge is -2.12. The van der Waals surface area contributed by atoms with Gasteiger partial charge < -0.3 is 14.1 Å². The molecule has 0 atom stereocenters. The topological polar surface area (TPSA) is 25.6 Å². The van der Waals surface area contributed by atoms with Crippen LogP contribution >= 0.6 is 0 Å². The molecule has 3 aromatic heterocycles. The number of rotatable bonds is 4. The van der Waals surface area contributed by atoms with Gasteiger partial charge in [-0.15, -0.1) is 0 Å². The highest BCUT2D eigenvalue weighted by atomic mass is 15.0. The Labute approximate surface area is 294 Å². The van der Waals surface area contributed by atoms with Crippen molar-refractivity contribution in [3.63, 3.8) is 0 Å². The van der Waals surface area contributed by atoms with Gasteiger partial charge in [-0.05, 0) is 89.5 Å². The average molecular weight is 650 g/mol. The van der Waals surface area contributed by atoms with Gasteiger partial charge in [0.2, 0.25) is 0 Å². The monoisotopic (exact) mass is 649 g/mol. The van der Waals surface area contributed by atoms with Crippen LogP contribution in [0.2, 0.25) is 0 Å². The molecular weight excluding hydrogens is 619 g/mol. The van der Waals surface area contributed by atoms with Crippen molar-refractivity contribution in [3.05, 3.63) is 182 Å². The van der Waals surface area contributed by atoms with Gasteiger partial charge in [0.25, 0.3) is 0 Å². The van der Waals surface area contributed by atoms with Crippen LogP contribution < -0.4 is 0 Å². The number of nitrogens with zero attached hydrogens (tertiary/aromatic N) is 2. The third kappa shape index (κ3) is 4.19. The summed E-state index contributed by atoms with van der Waals surface area (Å²) in [6, 6.07) is 66.3. The second kappa shape index (κ2) is 10.8. The van der Waals surface area contributed by atoms with Gasteiger partial charge in [0, 0.05) is 60.3 Å². The van der Waals surface area contributed by atoms with Gasteiger partial charge in [-0.1, -0.05) is 109 Å². The minimum atomic E-state index is 1.15. The summed E-state index contributed by atoms with van der Waals surface area (Å²) in [5, 5.41) is 7.50. The molecule has 0 aliphatic carbocycles. The first-order chi connectivity index (χ1) is 25.3. The molecule has 0 saturated carbocycles. The predicted octanol–water partition coefficient (Wildman–Crippen LogP) is 12.8. The Bertz CT molecular complexity index is 3120. The van der Waals surface area contributed by atoms with E-state index in [2.05, 4.69) is 196 Å². The van der Waals surface area contributed by atoms with E-state index in [1.807, 2.05) is 0 Å². The molecule has 3 heteroatoms. The maximum absolute atomic E-state index is 3.58. The highest BCUT2D eigenvalue weighted by molar-refractivity contribution is 6.16. The smallest absolute Gasteiger partial charge is 0.0619 e. The molecule has 0 fully saturated rings. The van der Waals surface area contributed by atoms with E-state index < -0.39 is 0 Å². The first kappa shape index (κ1) is 28.0. The fraction of sp³-hybridized carbons (Fsp3) is 0. The first-order valence-corrected chi connectivity index (χ1v) is 17.5. The molecule has 11 aromatic rings. The molecule has 1 N–H and O–H groups in total. The largest absolute Gasteiger partial charge is 0.355 e. The van der Waals surface area contributed by atoms with Crippen LogP contribution in [0.5, 0.6) is 0 Å². The van der Waals surface area contributed by atoms with Gasteiger partial charge in [-0.3, -0.25) is 0 Å². The van der Waals surface area contributed by atoms with Crippen LogP contribution in [0.1, 0.15) is 0 Å². The van der Waals surface area contributed by atoms with E-state index in [9.17, 15) is 0 Å². The third-order valence-corrected chi connectivity index (χ3v) is 10.6. The Balaban J connectivity index is 1.16. The van der Waals surface area contributed by atoms with Gasteiger partial charge >= 0.3 is 0 Å². The quantitative estimate of drug-likeness (QED) is 0.196. The lowest BCUT2D eigenvalue weighted by molar-refractivity contribution is 1.18. The minimum Gasteiger partial charge on any atom is -0.355 e. The van der Waals surface area contributed by atoms with Crippen molar-refractivity contribution in [1.82, 2.24) is 14.1 Å². The Kier molecular flexibility index (Phi) is 5.96. The van der Waals surface area contributed by atoms with E-state index in [0.29, 0.717) is 0 Å². The second-order valence-corrected chi connectivity index (χ2v) is 13.5. The Morgan fingerprint density at radius 3 is 1.65 bits per heavy atom. The van der Waals surface area contributed by atoms with E-state index in [0.717, 1.165) is 11.2 Å². The molecule has 0 saturated heterocycles. The molecule has 3 heterocycles. The third-order valence-electron chi connectivity index (χ3n) is 10.6. The summed E-state index contributed by atoms with van der Waals surface area (Å²) >= 11 is 0. The molecular formula is C48H31N3. The molecule has 8 aromatic carbocycles. The Hall–Kier alpha value is -6.84. The molecule has 0 amide bonds. The number of H-pyrrole nitrogens is 1. The van der Waals surface area contributed by atoms with Gasteiger partial charge in [-0.2, -0.15) is 0 Å². The van der Waals surface area contributed by atoms with Crippen molar-refractivity contribution < 1.29 is 0 Å². The van der Waals surface area contributed by atoms with Crippen molar-refractivity contribution in [3.8, 4) is 33.6 Å². The first-order valence-electron chi connectivity index (χ1n) is 17.5. The summed E-state index contributed by atoms with van der Waals surface area (Å²) in [5.74, 6) is 0. The zero-order chi connectivity index (χ0) is 33.5. The molecule has 0 aliphatic heterocycles. The number of nitrogens with one attached hydrogen (secondary N) is 1. The van der Waals surface area contributed by atoms with E-state index in [1.165, 1.54) is 87.8 Å². The number of hydrogen-bond acceptors (Lipinski definition) is 0. The van der Waals surface area contributed by atoms with Crippen molar-refractivity contribution in [2.45, 2.75) is 0 Å². The summed E-state index contributed by atoms with van der Waals surface area (Å²) in [4.78, 5) is 3.58. The maximum atomic E-state index is 3.58. The molecule has 0 radical (unpaired) electrons. The van der Waals surface area contributed by atoms with E-state index in [-0.39, 0.29) is 0 Å². The molecule has 238 valence electrons. The SMILES string of the molecule is c1ccc(-n2c3ccccc3c3cc(-c4cccc5c6cc(-c7ccc8[nH]c9ccccc9c8c7)ccc6n(-c6ccccc6)c45)ccc32)cc1. The van der Waals surface area contributed by atoms with Gasteiger partial charge in [0.1, 0.15) is 0 Å². The van der Waals surface area contributed by atoms with Crippen LogP contribution in [0.3, 0.4) is 0 Å². The summed E-state index contributed by atoms with van der Waals surface area (Å²) < 4.78 is 4.83. The maximum Gasteiger partial charge on any atom is 0.0619 e. The van der Waals surface area contributed by atoms with Crippen molar-refractivity contribution in [2.75, 3.05) is 0 Å². The van der Waals surface area contributed by atoms with Crippen molar-refractivity contribution in [1.29, 1.82) is 0 Å². The molecule has 0 aliphatic rings. The predicted molar refractivity (Wildman–Crippen MR) is 215 cm³/mol. The van der Waals surface area contributed by atoms with Crippen molar-refractivity contribution >= 4 is 65.4 Å². The molecule has 11 rings (SSSR count). The fourth-order valence-corrected chi connectivity index (χ4v) is 8.35. The lowest BCUT2D eigenvalue weighted by atomic mass is 9.98. The average Bonchev–Trinajstić information content (AvgIpc) is 3.85. The van der Waals surface area contributed by atoms with Crippen LogP contribution in [0.4, 0.5) is 0 Å². The molecule has 3 nitrogen and oxygen atoms in total. The van der Waals surface area contributed by atoms with Crippen LogP contribution in [0.25, 0.3) is 99.0 Å². The summed E-state index contributed by atoms with van der Waals surface area (Å²) in [5.41, 5.74) is 14.3. The number of para-hydroxylation sites is 5. The lowest BCUT2D eigenvalue weighted by Crippen LogP contribution is -1.95.